The monoisotopic (exact) mass is 321 g/mol. The van der Waals surface area contributed by atoms with Crippen LogP contribution < -0.4 is 10.7 Å². The van der Waals surface area contributed by atoms with Gasteiger partial charge in [-0.05, 0) is 55.9 Å². The molecule has 0 aromatic heterocycles. The first-order chi connectivity index (χ1) is 10.6. The smallest absolute Gasteiger partial charge is 0.262 e. The zero-order chi connectivity index (χ0) is 15.9. The number of amides is 1. The first-order valence-corrected chi connectivity index (χ1v) is 8.36. The number of nitrogens with zero attached hydrogens (tertiary/aromatic N) is 1. The molecule has 1 aromatic carbocycles. The molecule has 0 heterocycles. The van der Waals surface area contributed by atoms with E-state index in [0.717, 1.165) is 24.2 Å². The fourth-order valence-corrected chi connectivity index (χ4v) is 2.77. The molecule has 22 heavy (non-hydrogen) atoms. The largest absolute Gasteiger partial charge is 0.374 e. The van der Waals surface area contributed by atoms with Crippen LogP contribution in [0.15, 0.2) is 29.4 Å². The number of hydrazone groups is 1. The fourth-order valence-electron chi connectivity index (χ4n) is 2.64. The van der Waals surface area contributed by atoms with Crippen LogP contribution in [0.1, 0.15) is 46.0 Å². The van der Waals surface area contributed by atoms with Gasteiger partial charge in [0.25, 0.3) is 5.91 Å². The summed E-state index contributed by atoms with van der Waals surface area (Å²) in [4.78, 5) is 12.3. The number of carbonyl (C=O) groups excluding carboxylic acids is 1. The summed E-state index contributed by atoms with van der Waals surface area (Å²) in [6, 6.07) is 7.04. The van der Waals surface area contributed by atoms with Gasteiger partial charge in [0.1, 0.15) is 6.04 Å². The number of anilines is 1. The van der Waals surface area contributed by atoms with Crippen molar-refractivity contribution in [1.29, 1.82) is 0 Å². The zero-order valence-electron chi connectivity index (χ0n) is 13.2. The quantitative estimate of drug-likeness (QED) is 0.798. The normalized spacial score (nSPS) is 21.4. The van der Waals surface area contributed by atoms with Crippen molar-refractivity contribution in [2.45, 2.75) is 52.0 Å². The Hall–Kier alpha value is -1.55. The molecule has 1 fully saturated rings. The fraction of sp³-hybridized carbons (Fsp3) is 0.529. The summed E-state index contributed by atoms with van der Waals surface area (Å²) in [6.07, 6.45) is 5.26. The molecule has 1 saturated carbocycles. The first-order valence-electron chi connectivity index (χ1n) is 7.98. The van der Waals surface area contributed by atoms with Crippen LogP contribution in [0.25, 0.3) is 0 Å². The molecule has 2 atom stereocenters. The summed E-state index contributed by atoms with van der Waals surface area (Å²) < 4.78 is 0. The van der Waals surface area contributed by atoms with Crippen molar-refractivity contribution in [3.63, 3.8) is 0 Å². The maximum absolute atomic E-state index is 12.3. The van der Waals surface area contributed by atoms with E-state index >= 15 is 0 Å². The molecular weight excluding hydrogens is 298 g/mol. The van der Waals surface area contributed by atoms with E-state index in [-0.39, 0.29) is 11.9 Å². The highest BCUT2D eigenvalue weighted by Crippen LogP contribution is 2.20. The molecule has 1 aliphatic rings. The summed E-state index contributed by atoms with van der Waals surface area (Å²) in [7, 11) is 0. The third kappa shape index (κ3) is 4.73. The lowest BCUT2D eigenvalue weighted by atomic mass is 9.89. The molecule has 1 aliphatic carbocycles. The van der Waals surface area contributed by atoms with Crippen LogP contribution in [0.5, 0.6) is 0 Å². The third-order valence-corrected chi connectivity index (χ3v) is 4.36. The Kier molecular flexibility index (Phi) is 6.25. The minimum Gasteiger partial charge on any atom is -0.374 e. The minimum atomic E-state index is -0.301. The Labute approximate surface area is 137 Å². The highest BCUT2D eigenvalue weighted by molar-refractivity contribution is 6.30. The molecule has 0 bridgehead atoms. The minimum absolute atomic E-state index is 0.0947. The van der Waals surface area contributed by atoms with Crippen molar-refractivity contribution in [3.8, 4) is 0 Å². The van der Waals surface area contributed by atoms with Crippen LogP contribution in [0.4, 0.5) is 5.69 Å². The Morgan fingerprint density at radius 1 is 1.36 bits per heavy atom. The molecule has 0 unspecified atom stereocenters. The zero-order valence-corrected chi connectivity index (χ0v) is 14.0. The summed E-state index contributed by atoms with van der Waals surface area (Å²) in [5.41, 5.74) is 4.72. The number of hydrogen-bond donors (Lipinski definition) is 2. The molecule has 0 spiro atoms. The molecule has 2 N–H and O–H groups in total. The SMILES string of the molecule is CC[C@@H](Nc1ccc(Cl)cc1)C(=O)NN=C1CCCC[C@@H]1C. The van der Waals surface area contributed by atoms with Gasteiger partial charge in [0.15, 0.2) is 0 Å². The number of benzene rings is 1. The van der Waals surface area contributed by atoms with Gasteiger partial charge in [-0.3, -0.25) is 4.79 Å². The Balaban J connectivity index is 1.93. The van der Waals surface area contributed by atoms with Gasteiger partial charge in [0.05, 0.1) is 0 Å². The van der Waals surface area contributed by atoms with E-state index in [1.165, 1.54) is 12.8 Å². The van der Waals surface area contributed by atoms with E-state index in [9.17, 15) is 4.79 Å². The Morgan fingerprint density at radius 3 is 2.73 bits per heavy atom. The predicted octanol–water partition coefficient (Wildman–Crippen LogP) is 4.21. The van der Waals surface area contributed by atoms with Crippen molar-refractivity contribution < 1.29 is 4.79 Å². The van der Waals surface area contributed by atoms with Crippen LogP contribution in [-0.4, -0.2) is 17.7 Å². The molecule has 5 heteroatoms. The molecule has 0 aliphatic heterocycles. The van der Waals surface area contributed by atoms with Gasteiger partial charge in [-0.25, -0.2) is 5.43 Å². The lowest BCUT2D eigenvalue weighted by Crippen LogP contribution is -2.37. The van der Waals surface area contributed by atoms with Gasteiger partial charge >= 0.3 is 0 Å². The second-order valence-corrected chi connectivity index (χ2v) is 6.27. The molecule has 0 radical (unpaired) electrons. The standard InChI is InChI=1S/C17H24ClN3O/c1-3-15(19-14-10-8-13(18)9-11-14)17(22)21-20-16-7-5-4-6-12(16)2/h8-12,15,19H,3-7H2,1-2H3,(H,21,22)/t12-,15+/m0/s1. The summed E-state index contributed by atoms with van der Waals surface area (Å²) >= 11 is 5.87. The van der Waals surface area contributed by atoms with Crippen LogP contribution in [0.2, 0.25) is 5.02 Å². The maximum Gasteiger partial charge on any atom is 0.262 e. The molecule has 2 rings (SSSR count). The average molecular weight is 322 g/mol. The topological polar surface area (TPSA) is 53.5 Å². The van der Waals surface area contributed by atoms with Crippen LogP contribution >= 0.6 is 11.6 Å². The number of halogens is 1. The van der Waals surface area contributed by atoms with E-state index in [1.807, 2.05) is 19.1 Å². The van der Waals surface area contributed by atoms with Crippen LogP contribution in [-0.2, 0) is 4.79 Å². The molecule has 0 saturated heterocycles. The van der Waals surface area contributed by atoms with Crippen molar-refractivity contribution in [3.05, 3.63) is 29.3 Å². The van der Waals surface area contributed by atoms with E-state index in [2.05, 4.69) is 22.8 Å². The van der Waals surface area contributed by atoms with Crippen LogP contribution in [0, 0.1) is 5.92 Å². The van der Waals surface area contributed by atoms with E-state index in [0.29, 0.717) is 17.4 Å². The maximum atomic E-state index is 12.3. The Morgan fingerprint density at radius 2 is 2.09 bits per heavy atom. The second kappa shape index (κ2) is 8.18. The van der Waals surface area contributed by atoms with Crippen molar-refractivity contribution in [1.82, 2.24) is 5.43 Å². The lowest BCUT2D eigenvalue weighted by molar-refractivity contribution is -0.121. The molecule has 1 aromatic rings. The van der Waals surface area contributed by atoms with Crippen molar-refractivity contribution >= 4 is 28.9 Å². The van der Waals surface area contributed by atoms with Gasteiger partial charge in [-0.15, -0.1) is 0 Å². The van der Waals surface area contributed by atoms with Gasteiger partial charge in [0, 0.05) is 16.4 Å². The van der Waals surface area contributed by atoms with Crippen molar-refractivity contribution in [2.24, 2.45) is 11.0 Å². The number of nitrogens with one attached hydrogen (secondary N) is 2. The predicted molar refractivity (Wildman–Crippen MR) is 92.4 cm³/mol. The molecule has 4 nitrogen and oxygen atoms in total. The average Bonchev–Trinajstić information content (AvgIpc) is 2.53. The van der Waals surface area contributed by atoms with E-state index in [4.69, 9.17) is 11.6 Å². The summed E-state index contributed by atoms with van der Waals surface area (Å²) in [6.45, 7) is 4.15. The second-order valence-electron chi connectivity index (χ2n) is 5.84. The van der Waals surface area contributed by atoms with E-state index < -0.39 is 0 Å². The van der Waals surface area contributed by atoms with Crippen molar-refractivity contribution in [2.75, 3.05) is 5.32 Å². The molecular formula is C17H24ClN3O. The van der Waals surface area contributed by atoms with Gasteiger partial charge in [-0.1, -0.05) is 31.9 Å². The number of rotatable bonds is 5. The Bertz CT molecular complexity index is 527. The molecule has 1 amide bonds. The third-order valence-electron chi connectivity index (χ3n) is 4.11. The van der Waals surface area contributed by atoms with Gasteiger partial charge < -0.3 is 5.32 Å². The molecule has 120 valence electrons. The number of carbonyl (C=O) groups is 1. The van der Waals surface area contributed by atoms with Gasteiger partial charge in [-0.2, -0.15) is 5.10 Å². The highest BCUT2D eigenvalue weighted by Gasteiger charge is 2.19. The van der Waals surface area contributed by atoms with Crippen LogP contribution in [0.3, 0.4) is 0 Å². The van der Waals surface area contributed by atoms with E-state index in [1.54, 1.807) is 12.1 Å². The summed E-state index contributed by atoms with van der Waals surface area (Å²) in [5, 5.41) is 8.24. The van der Waals surface area contributed by atoms with Gasteiger partial charge in [0.2, 0.25) is 0 Å². The first kappa shape index (κ1) is 16.8. The number of hydrogen-bond acceptors (Lipinski definition) is 3. The lowest BCUT2D eigenvalue weighted by Gasteiger charge is -2.21. The highest BCUT2D eigenvalue weighted by atomic mass is 35.5. The summed E-state index contributed by atoms with van der Waals surface area (Å²) in [5.74, 6) is 0.376.